The summed E-state index contributed by atoms with van der Waals surface area (Å²) < 4.78 is 19.5. The first-order valence-corrected chi connectivity index (χ1v) is 9.76. The molecule has 5 rings (SSSR count). The maximum absolute atomic E-state index is 13.4. The summed E-state index contributed by atoms with van der Waals surface area (Å²) >= 11 is 6.10. The molecule has 3 aromatic carbocycles. The summed E-state index contributed by atoms with van der Waals surface area (Å²) in [6.45, 7) is 2.50. The van der Waals surface area contributed by atoms with E-state index >= 15 is 0 Å². The maximum Gasteiger partial charge on any atom is 0.129 e. The van der Waals surface area contributed by atoms with Gasteiger partial charge in [-0.25, -0.2) is 9.37 Å². The third kappa shape index (κ3) is 3.28. The first-order chi connectivity index (χ1) is 14.1. The molecule has 4 aromatic rings. The minimum Gasteiger partial charge on any atom is -0.488 e. The molecule has 0 spiro atoms. The Labute approximate surface area is 173 Å². The summed E-state index contributed by atoms with van der Waals surface area (Å²) in [5.74, 6) is 0.563. The van der Waals surface area contributed by atoms with Gasteiger partial charge in [-0.1, -0.05) is 35.4 Å². The van der Waals surface area contributed by atoms with E-state index in [2.05, 4.69) is 13.0 Å². The van der Waals surface area contributed by atoms with E-state index in [9.17, 15) is 4.39 Å². The Morgan fingerprint density at radius 3 is 2.34 bits per heavy atom. The number of nitrogens with zero attached hydrogens (tertiary/aromatic N) is 1. The van der Waals surface area contributed by atoms with Gasteiger partial charge in [-0.15, -0.1) is 0 Å². The topological polar surface area (TPSA) is 22.1 Å². The van der Waals surface area contributed by atoms with Crippen LogP contribution in [0.3, 0.4) is 0 Å². The van der Waals surface area contributed by atoms with Gasteiger partial charge < -0.3 is 4.74 Å². The van der Waals surface area contributed by atoms with Crippen molar-refractivity contribution in [2.75, 3.05) is 0 Å². The van der Waals surface area contributed by atoms with Crippen LogP contribution in [-0.4, -0.2) is 4.98 Å². The lowest BCUT2D eigenvalue weighted by molar-refractivity contribution is 0.302. The van der Waals surface area contributed by atoms with E-state index in [1.54, 1.807) is 12.1 Å². The number of ether oxygens (including phenoxy) is 1. The molecule has 4 heteroatoms. The van der Waals surface area contributed by atoms with E-state index in [-0.39, 0.29) is 5.82 Å². The minimum atomic E-state index is -0.265. The molecule has 0 saturated carbocycles. The summed E-state index contributed by atoms with van der Waals surface area (Å²) in [5, 5.41) is 0.688. The van der Waals surface area contributed by atoms with Gasteiger partial charge in [-0.3, -0.25) is 0 Å². The van der Waals surface area contributed by atoms with E-state index in [1.807, 2.05) is 42.5 Å². The fraction of sp³-hybridized carbons (Fsp3) is 0.0800. The van der Waals surface area contributed by atoms with Gasteiger partial charge in [-0.2, -0.15) is 0 Å². The Morgan fingerprint density at radius 1 is 0.862 bits per heavy atom. The van der Waals surface area contributed by atoms with Crippen LogP contribution in [0.5, 0.6) is 5.75 Å². The van der Waals surface area contributed by atoms with Crippen LogP contribution >= 0.6 is 11.6 Å². The van der Waals surface area contributed by atoms with Crippen molar-refractivity contribution in [1.82, 2.24) is 4.98 Å². The van der Waals surface area contributed by atoms with Crippen molar-refractivity contribution in [1.29, 1.82) is 0 Å². The van der Waals surface area contributed by atoms with E-state index in [0.29, 0.717) is 11.6 Å². The Kier molecular flexibility index (Phi) is 4.33. The highest BCUT2D eigenvalue weighted by molar-refractivity contribution is 6.30. The van der Waals surface area contributed by atoms with Crippen molar-refractivity contribution in [2.24, 2.45) is 0 Å². The van der Waals surface area contributed by atoms with Crippen LogP contribution in [0.1, 0.15) is 11.1 Å². The van der Waals surface area contributed by atoms with Gasteiger partial charge in [0.15, 0.2) is 0 Å². The first-order valence-electron chi connectivity index (χ1n) is 9.38. The van der Waals surface area contributed by atoms with Crippen LogP contribution < -0.4 is 4.74 Å². The number of hydrogen-bond donors (Lipinski definition) is 0. The quantitative estimate of drug-likeness (QED) is 0.358. The average Bonchev–Trinajstić information content (AvgIpc) is 2.74. The molecule has 0 aliphatic carbocycles. The second kappa shape index (κ2) is 7.02. The van der Waals surface area contributed by atoms with Crippen LogP contribution in [0.25, 0.3) is 33.6 Å². The van der Waals surface area contributed by atoms with Gasteiger partial charge in [-0.05, 0) is 72.6 Å². The lowest BCUT2D eigenvalue weighted by Gasteiger charge is -2.24. The third-order valence-electron chi connectivity index (χ3n) is 5.18. The van der Waals surface area contributed by atoms with Crippen LogP contribution in [0, 0.1) is 12.7 Å². The SMILES string of the molecule is Cc1ccc2c(c1)-c1nc(-c3ccc(F)cc3)cc(-c3ccc(Cl)cc3)c1CO2. The summed E-state index contributed by atoms with van der Waals surface area (Å²) in [6.07, 6.45) is 0. The van der Waals surface area contributed by atoms with Crippen molar-refractivity contribution < 1.29 is 9.13 Å². The average molecular weight is 402 g/mol. The lowest BCUT2D eigenvalue weighted by Crippen LogP contribution is -2.10. The molecule has 1 aliphatic rings. The fourth-order valence-corrected chi connectivity index (χ4v) is 3.83. The number of halogens is 2. The largest absolute Gasteiger partial charge is 0.488 e. The van der Waals surface area contributed by atoms with E-state index in [1.165, 1.54) is 12.1 Å². The third-order valence-corrected chi connectivity index (χ3v) is 5.43. The lowest BCUT2D eigenvalue weighted by atomic mass is 9.92. The molecule has 0 fully saturated rings. The molecular formula is C25H17ClFNO. The number of pyridine rings is 1. The molecule has 0 saturated heterocycles. The Bertz CT molecular complexity index is 1220. The van der Waals surface area contributed by atoms with Gasteiger partial charge in [0, 0.05) is 21.7 Å². The van der Waals surface area contributed by atoms with Crippen molar-refractivity contribution in [3.63, 3.8) is 0 Å². The number of aromatic nitrogens is 1. The van der Waals surface area contributed by atoms with Crippen LogP contribution in [0.4, 0.5) is 4.39 Å². The molecule has 2 heterocycles. The molecule has 0 amide bonds. The summed E-state index contributed by atoms with van der Waals surface area (Å²) in [7, 11) is 0. The zero-order valence-electron chi connectivity index (χ0n) is 15.7. The number of fused-ring (bicyclic) bond motifs is 3. The summed E-state index contributed by atoms with van der Waals surface area (Å²) in [5.41, 5.74) is 7.80. The Balaban J connectivity index is 1.79. The zero-order chi connectivity index (χ0) is 20.0. The van der Waals surface area contributed by atoms with Crippen molar-refractivity contribution >= 4 is 11.6 Å². The van der Waals surface area contributed by atoms with Gasteiger partial charge >= 0.3 is 0 Å². The first kappa shape index (κ1) is 17.9. The number of benzene rings is 3. The monoisotopic (exact) mass is 401 g/mol. The highest BCUT2D eigenvalue weighted by atomic mass is 35.5. The van der Waals surface area contributed by atoms with Gasteiger partial charge in [0.05, 0.1) is 11.4 Å². The number of rotatable bonds is 2. The summed E-state index contributed by atoms with van der Waals surface area (Å²) in [6, 6.07) is 22.3. The molecule has 0 N–H and O–H groups in total. The number of aryl methyl sites for hydroxylation is 1. The molecule has 1 aliphatic heterocycles. The molecule has 0 bridgehead atoms. The second-order valence-corrected chi connectivity index (χ2v) is 7.62. The maximum atomic E-state index is 13.4. The zero-order valence-corrected chi connectivity index (χ0v) is 16.5. The molecule has 0 radical (unpaired) electrons. The van der Waals surface area contributed by atoms with E-state index in [4.69, 9.17) is 21.3 Å². The normalized spacial score (nSPS) is 12.1. The molecule has 1 aromatic heterocycles. The predicted octanol–water partition coefficient (Wildman–Crippen LogP) is 7.08. The molecule has 29 heavy (non-hydrogen) atoms. The Hall–Kier alpha value is -3.17. The molecule has 0 atom stereocenters. The van der Waals surface area contributed by atoms with Gasteiger partial charge in [0.2, 0.25) is 0 Å². The molecular weight excluding hydrogens is 385 g/mol. The van der Waals surface area contributed by atoms with E-state index in [0.717, 1.165) is 50.5 Å². The van der Waals surface area contributed by atoms with Crippen LogP contribution in [0.2, 0.25) is 5.02 Å². The highest BCUT2D eigenvalue weighted by Crippen LogP contribution is 2.42. The number of hydrogen-bond acceptors (Lipinski definition) is 2. The van der Waals surface area contributed by atoms with Crippen molar-refractivity contribution in [3.05, 3.63) is 94.8 Å². The second-order valence-electron chi connectivity index (χ2n) is 7.18. The summed E-state index contributed by atoms with van der Waals surface area (Å²) in [4.78, 5) is 4.97. The van der Waals surface area contributed by atoms with Crippen molar-refractivity contribution in [2.45, 2.75) is 13.5 Å². The standard InChI is InChI=1S/C25H17ClFNO/c1-15-2-11-24-21(12-15)25-22(14-29-24)20(16-3-7-18(26)8-4-16)13-23(28-25)17-5-9-19(27)10-6-17/h2-13H,14H2,1H3. The van der Waals surface area contributed by atoms with Gasteiger partial charge in [0.1, 0.15) is 18.2 Å². The molecule has 142 valence electrons. The fourth-order valence-electron chi connectivity index (χ4n) is 3.70. The van der Waals surface area contributed by atoms with Gasteiger partial charge in [0.25, 0.3) is 0 Å². The van der Waals surface area contributed by atoms with E-state index < -0.39 is 0 Å². The predicted molar refractivity (Wildman–Crippen MR) is 115 cm³/mol. The van der Waals surface area contributed by atoms with Crippen LogP contribution in [0.15, 0.2) is 72.8 Å². The highest BCUT2D eigenvalue weighted by Gasteiger charge is 2.23. The Morgan fingerprint density at radius 2 is 1.59 bits per heavy atom. The molecule has 0 unspecified atom stereocenters. The van der Waals surface area contributed by atoms with Crippen LogP contribution in [-0.2, 0) is 6.61 Å². The molecule has 2 nitrogen and oxygen atoms in total. The minimum absolute atomic E-state index is 0.265. The smallest absolute Gasteiger partial charge is 0.129 e. The van der Waals surface area contributed by atoms with Crippen molar-refractivity contribution in [3.8, 4) is 39.4 Å².